The molecule has 6 heteroatoms. The average molecular weight is 426 g/mol. The number of fused-ring (bicyclic) bond motifs is 3. The van der Waals surface area contributed by atoms with Gasteiger partial charge in [-0.05, 0) is 55.0 Å². The van der Waals surface area contributed by atoms with Crippen LogP contribution < -0.4 is 4.74 Å². The molecule has 0 spiro atoms. The second-order valence-electron chi connectivity index (χ2n) is 7.49. The number of hydrogen-bond donors (Lipinski definition) is 1. The molecule has 0 radical (unpaired) electrons. The van der Waals surface area contributed by atoms with E-state index in [0.717, 1.165) is 46.5 Å². The van der Waals surface area contributed by atoms with E-state index in [-0.39, 0.29) is 5.56 Å². The molecule has 31 heavy (non-hydrogen) atoms. The Kier molecular flexibility index (Phi) is 6.30. The van der Waals surface area contributed by atoms with Crippen molar-refractivity contribution in [1.29, 1.82) is 0 Å². The number of aromatic nitrogens is 3. The number of methoxy groups -OCH3 is 1. The predicted octanol–water partition coefficient (Wildman–Crippen LogP) is 7.10. The highest BCUT2D eigenvalue weighted by Gasteiger charge is 2.27. The van der Waals surface area contributed by atoms with Crippen LogP contribution in [-0.2, 0) is 12.3 Å². The first-order valence-electron chi connectivity index (χ1n) is 10.6. The largest absolute Gasteiger partial charge is 0.496 e. The average Bonchev–Trinajstić information content (AvgIpc) is 3.14. The van der Waals surface area contributed by atoms with Gasteiger partial charge in [-0.2, -0.15) is 5.10 Å². The lowest BCUT2D eigenvalue weighted by atomic mass is 9.94. The van der Waals surface area contributed by atoms with Crippen LogP contribution in [0.15, 0.2) is 30.3 Å². The first-order chi connectivity index (χ1) is 14.7. The molecule has 2 heterocycles. The topological polar surface area (TPSA) is 50.8 Å². The zero-order chi connectivity index (χ0) is 22.9. The Balaban J connectivity index is 0.00000132. The molecule has 2 aromatic heterocycles. The number of nitrogens with one attached hydrogen (secondary N) is 1. The van der Waals surface area contributed by atoms with Crippen LogP contribution in [0.25, 0.3) is 33.1 Å². The standard InChI is InChI=1S/C23H23F2N3O.C2H6/c1-6-14-9-16-17(11-19(14)29-5)21(26-22-20(16)13(3)27-28-22)15-8-7-12(2)18(10-15)23(4,24)25;1-2/h7-11H,6H2,1-5H3,(H,26,27,28);1-2H3. The molecule has 1 N–H and O–H groups in total. The molecule has 4 rings (SSSR count). The summed E-state index contributed by atoms with van der Waals surface area (Å²) in [4.78, 5) is 4.74. The normalized spacial score (nSPS) is 11.5. The third kappa shape index (κ3) is 3.99. The van der Waals surface area contributed by atoms with Crippen molar-refractivity contribution < 1.29 is 13.5 Å². The van der Waals surface area contributed by atoms with Gasteiger partial charge in [-0.3, -0.25) is 5.10 Å². The highest BCUT2D eigenvalue weighted by molar-refractivity contribution is 6.11. The van der Waals surface area contributed by atoms with E-state index in [1.807, 2.05) is 32.9 Å². The third-order valence-electron chi connectivity index (χ3n) is 5.46. The van der Waals surface area contributed by atoms with Crippen LogP contribution in [0.3, 0.4) is 0 Å². The van der Waals surface area contributed by atoms with Gasteiger partial charge in [0.05, 0.1) is 12.8 Å². The Labute approximate surface area is 181 Å². The summed E-state index contributed by atoms with van der Waals surface area (Å²) in [7, 11) is 1.64. The summed E-state index contributed by atoms with van der Waals surface area (Å²) in [6.07, 6.45) is 0.811. The Morgan fingerprint density at radius 2 is 1.77 bits per heavy atom. The second-order valence-corrected chi connectivity index (χ2v) is 7.49. The fraction of sp³-hybridized carbons (Fsp3) is 0.360. The lowest BCUT2D eigenvalue weighted by Gasteiger charge is -2.17. The van der Waals surface area contributed by atoms with Crippen LogP contribution in [0.1, 0.15) is 50.1 Å². The van der Waals surface area contributed by atoms with Gasteiger partial charge in [-0.15, -0.1) is 0 Å². The van der Waals surface area contributed by atoms with Crippen molar-refractivity contribution in [1.82, 2.24) is 15.2 Å². The molecule has 0 aliphatic heterocycles. The van der Waals surface area contributed by atoms with Crippen molar-refractivity contribution in [3.63, 3.8) is 0 Å². The molecule has 0 atom stereocenters. The molecule has 2 aromatic carbocycles. The minimum Gasteiger partial charge on any atom is -0.496 e. The number of aryl methyl sites for hydroxylation is 3. The van der Waals surface area contributed by atoms with Crippen molar-refractivity contribution >= 4 is 21.8 Å². The molecule has 0 amide bonds. The Hall–Kier alpha value is -3.02. The van der Waals surface area contributed by atoms with Crippen LogP contribution >= 0.6 is 0 Å². The van der Waals surface area contributed by atoms with E-state index in [9.17, 15) is 8.78 Å². The van der Waals surface area contributed by atoms with Crippen molar-refractivity contribution in [2.75, 3.05) is 7.11 Å². The first kappa shape index (κ1) is 22.7. The summed E-state index contributed by atoms with van der Waals surface area (Å²) >= 11 is 0. The van der Waals surface area contributed by atoms with Gasteiger partial charge in [0.25, 0.3) is 5.92 Å². The maximum absolute atomic E-state index is 14.1. The minimum atomic E-state index is -2.93. The fourth-order valence-electron chi connectivity index (χ4n) is 3.94. The quantitative estimate of drug-likeness (QED) is 0.379. The van der Waals surface area contributed by atoms with Crippen LogP contribution in [0.4, 0.5) is 8.78 Å². The maximum atomic E-state index is 14.1. The summed E-state index contributed by atoms with van der Waals surface area (Å²) in [5.74, 6) is -2.17. The zero-order valence-electron chi connectivity index (χ0n) is 19.2. The molecule has 4 nitrogen and oxygen atoms in total. The van der Waals surface area contributed by atoms with Crippen molar-refractivity contribution in [2.24, 2.45) is 0 Å². The number of alkyl halides is 2. The van der Waals surface area contributed by atoms with Gasteiger partial charge in [0, 0.05) is 34.5 Å². The molecule has 164 valence electrons. The van der Waals surface area contributed by atoms with Crippen molar-refractivity contribution in [3.05, 3.63) is 52.7 Å². The monoisotopic (exact) mass is 425 g/mol. The molecule has 0 saturated heterocycles. The summed E-state index contributed by atoms with van der Waals surface area (Å²) in [6, 6.07) is 9.12. The number of pyridine rings is 1. The summed E-state index contributed by atoms with van der Waals surface area (Å²) in [5, 5.41) is 10.1. The highest BCUT2D eigenvalue weighted by Crippen LogP contribution is 2.39. The van der Waals surface area contributed by atoms with Crippen molar-refractivity contribution in [3.8, 4) is 17.0 Å². The molecule has 4 aromatic rings. The molecule has 0 aliphatic rings. The van der Waals surface area contributed by atoms with E-state index in [2.05, 4.69) is 23.2 Å². The smallest absolute Gasteiger partial charge is 0.270 e. The molecule has 0 saturated carbocycles. The number of rotatable bonds is 4. The third-order valence-corrected chi connectivity index (χ3v) is 5.46. The lowest BCUT2D eigenvalue weighted by Crippen LogP contribution is -2.09. The fourth-order valence-corrected chi connectivity index (χ4v) is 3.94. The van der Waals surface area contributed by atoms with Gasteiger partial charge in [0.15, 0.2) is 5.65 Å². The SMILES string of the molecule is CC.CCc1cc2c(cc1OC)c(-c1ccc(C)c(C(C)(F)F)c1)nc1n[nH]c(C)c12. The molecule has 0 fully saturated rings. The summed E-state index contributed by atoms with van der Waals surface area (Å²) < 4.78 is 33.9. The van der Waals surface area contributed by atoms with Crippen LogP contribution in [0, 0.1) is 13.8 Å². The Bertz CT molecular complexity index is 1240. The van der Waals surface area contributed by atoms with Gasteiger partial charge in [-0.1, -0.05) is 32.9 Å². The van der Waals surface area contributed by atoms with Crippen LogP contribution in [0.2, 0.25) is 0 Å². The van der Waals surface area contributed by atoms with E-state index in [0.29, 0.717) is 22.5 Å². The molecular formula is C25H29F2N3O. The summed E-state index contributed by atoms with van der Waals surface area (Å²) in [5.41, 5.74) is 4.36. The highest BCUT2D eigenvalue weighted by atomic mass is 19.3. The Morgan fingerprint density at radius 3 is 2.39 bits per heavy atom. The Morgan fingerprint density at radius 1 is 1.06 bits per heavy atom. The van der Waals surface area contributed by atoms with Crippen LogP contribution in [0.5, 0.6) is 5.75 Å². The summed E-state index contributed by atoms with van der Waals surface area (Å²) in [6.45, 7) is 10.6. The van der Waals surface area contributed by atoms with E-state index >= 15 is 0 Å². The number of aromatic amines is 1. The van der Waals surface area contributed by atoms with E-state index in [1.165, 1.54) is 6.07 Å². The maximum Gasteiger partial charge on any atom is 0.270 e. The molecule has 0 aliphatic carbocycles. The molecule has 0 bridgehead atoms. The van der Waals surface area contributed by atoms with E-state index in [4.69, 9.17) is 9.72 Å². The van der Waals surface area contributed by atoms with E-state index in [1.54, 1.807) is 20.1 Å². The van der Waals surface area contributed by atoms with Gasteiger partial charge in [-0.25, -0.2) is 13.8 Å². The van der Waals surface area contributed by atoms with Gasteiger partial charge in [0.1, 0.15) is 5.75 Å². The number of benzene rings is 2. The van der Waals surface area contributed by atoms with E-state index < -0.39 is 5.92 Å². The van der Waals surface area contributed by atoms with Gasteiger partial charge >= 0.3 is 0 Å². The van der Waals surface area contributed by atoms with Gasteiger partial charge in [0.2, 0.25) is 0 Å². The predicted molar refractivity (Wildman–Crippen MR) is 123 cm³/mol. The van der Waals surface area contributed by atoms with Crippen molar-refractivity contribution in [2.45, 2.75) is 53.9 Å². The second kappa shape index (κ2) is 8.61. The molecule has 0 unspecified atom stereocenters. The van der Waals surface area contributed by atoms with Crippen LogP contribution in [-0.4, -0.2) is 22.3 Å². The number of hydrogen-bond acceptors (Lipinski definition) is 3. The first-order valence-corrected chi connectivity index (χ1v) is 10.6. The number of halogens is 2. The minimum absolute atomic E-state index is 0.000369. The number of nitrogens with zero attached hydrogens (tertiary/aromatic N) is 2. The zero-order valence-corrected chi connectivity index (χ0v) is 19.2. The number of H-pyrrole nitrogens is 1. The number of ether oxygens (including phenoxy) is 1. The molecular weight excluding hydrogens is 396 g/mol. The van der Waals surface area contributed by atoms with Gasteiger partial charge < -0.3 is 4.74 Å². The lowest BCUT2D eigenvalue weighted by molar-refractivity contribution is 0.0169.